The first-order chi connectivity index (χ1) is 14.3. The fourth-order valence-corrected chi connectivity index (χ4v) is 4.85. The number of phenolic OH excluding ortho intramolecular Hbond substituents is 1. The molecule has 0 aliphatic heterocycles. The smallest absolute Gasteiger partial charge is 0.311 e. The van der Waals surface area contributed by atoms with E-state index in [1.807, 2.05) is 46.9 Å². The summed E-state index contributed by atoms with van der Waals surface area (Å²) in [6, 6.07) is 18.6. The van der Waals surface area contributed by atoms with Gasteiger partial charge < -0.3 is 5.11 Å². The number of halogens is 3. The minimum atomic E-state index is -0.652. The number of hydrogen-bond donors (Lipinski definition) is 1. The molecule has 0 heterocycles. The average Bonchev–Trinajstić information content (AvgIpc) is 2.73. The Bertz CT molecular complexity index is 1150. The molecular formula is C21H12Br2INO4S. The van der Waals surface area contributed by atoms with Crippen molar-refractivity contribution in [2.45, 2.75) is 4.90 Å². The van der Waals surface area contributed by atoms with Crippen molar-refractivity contribution >= 4 is 81.3 Å². The van der Waals surface area contributed by atoms with Gasteiger partial charge in [0.1, 0.15) is 0 Å². The van der Waals surface area contributed by atoms with Gasteiger partial charge in [-0.1, -0.05) is 43.6 Å². The van der Waals surface area contributed by atoms with E-state index in [0.29, 0.717) is 19.6 Å². The third-order valence-electron chi connectivity index (χ3n) is 3.97. The van der Waals surface area contributed by atoms with Gasteiger partial charge in [0.05, 0.1) is 9.83 Å². The van der Waals surface area contributed by atoms with Crippen molar-refractivity contribution in [1.29, 1.82) is 0 Å². The molecular weight excluding hydrogens is 649 g/mol. The van der Waals surface area contributed by atoms with Gasteiger partial charge in [-0.15, -0.1) is 0 Å². The van der Waals surface area contributed by atoms with Crippen LogP contribution in [0.5, 0.6) is 5.75 Å². The molecule has 9 heteroatoms. The Morgan fingerprint density at radius 3 is 2.03 bits per heavy atom. The molecule has 1 N–H and O–H groups in total. The van der Waals surface area contributed by atoms with Gasteiger partial charge >= 0.3 is 5.69 Å². The Kier molecular flexibility index (Phi) is 7.72. The molecule has 3 rings (SSSR count). The van der Waals surface area contributed by atoms with Gasteiger partial charge in [-0.3, -0.25) is 14.9 Å². The number of aromatic hydroxyl groups is 1. The van der Waals surface area contributed by atoms with Gasteiger partial charge in [0.25, 0.3) is 0 Å². The maximum absolute atomic E-state index is 13.3. The summed E-state index contributed by atoms with van der Waals surface area (Å²) in [5.74, 6) is -0.621. The Balaban J connectivity index is 2.12. The molecule has 0 radical (unpaired) electrons. The van der Waals surface area contributed by atoms with Crippen molar-refractivity contribution in [2.75, 3.05) is 0 Å². The van der Waals surface area contributed by atoms with Crippen molar-refractivity contribution in [3.63, 3.8) is 0 Å². The molecule has 5 nitrogen and oxygen atoms in total. The van der Waals surface area contributed by atoms with E-state index in [4.69, 9.17) is 0 Å². The van der Waals surface area contributed by atoms with E-state index >= 15 is 0 Å². The van der Waals surface area contributed by atoms with Gasteiger partial charge in [0, 0.05) is 29.1 Å². The molecule has 0 spiro atoms. The summed E-state index contributed by atoms with van der Waals surface area (Å²) in [6.45, 7) is 0. The van der Waals surface area contributed by atoms with E-state index in [0.717, 1.165) is 13.8 Å². The molecule has 0 atom stereocenters. The van der Waals surface area contributed by atoms with Crippen LogP contribution in [0.1, 0.15) is 15.9 Å². The zero-order chi connectivity index (χ0) is 21.8. The molecule has 0 fully saturated rings. The first kappa shape index (κ1) is 23.0. The van der Waals surface area contributed by atoms with E-state index in [1.165, 1.54) is 23.9 Å². The van der Waals surface area contributed by atoms with Crippen molar-refractivity contribution in [2.24, 2.45) is 0 Å². The topological polar surface area (TPSA) is 80.4 Å². The third kappa shape index (κ3) is 5.51. The summed E-state index contributed by atoms with van der Waals surface area (Å²) in [6.07, 6.45) is 0. The SMILES string of the molecule is O=C(C(Sc1ccc(Br)cc1)=C(I)c1ccc(O)c([N+](=O)[O-])c1)c1ccc(Br)cc1. The minimum Gasteiger partial charge on any atom is -0.502 e. The predicted octanol–water partition coefficient (Wildman–Crippen LogP) is 7.60. The highest BCUT2D eigenvalue weighted by atomic mass is 127. The largest absolute Gasteiger partial charge is 0.502 e. The van der Waals surface area contributed by atoms with Crippen molar-refractivity contribution in [3.05, 3.63) is 102 Å². The van der Waals surface area contributed by atoms with Gasteiger partial charge in [-0.05, 0) is 88.8 Å². The normalized spacial score (nSPS) is 11.7. The number of allylic oxidation sites excluding steroid dienone is 1. The van der Waals surface area contributed by atoms with E-state index in [2.05, 4.69) is 31.9 Å². The van der Waals surface area contributed by atoms with E-state index in [9.17, 15) is 20.0 Å². The van der Waals surface area contributed by atoms with Crippen LogP contribution in [-0.2, 0) is 0 Å². The lowest BCUT2D eigenvalue weighted by Gasteiger charge is -2.11. The first-order valence-electron chi connectivity index (χ1n) is 8.37. The Morgan fingerprint density at radius 2 is 1.47 bits per heavy atom. The third-order valence-corrected chi connectivity index (χ3v) is 7.66. The Labute approximate surface area is 207 Å². The average molecular weight is 661 g/mol. The second-order valence-corrected chi connectivity index (χ2v) is 9.99. The molecule has 0 aliphatic rings. The molecule has 3 aromatic carbocycles. The van der Waals surface area contributed by atoms with Crippen LogP contribution in [0.4, 0.5) is 5.69 Å². The second-order valence-electron chi connectivity index (χ2n) is 6.00. The number of nitrogens with zero attached hydrogens (tertiary/aromatic N) is 1. The van der Waals surface area contributed by atoms with Crippen LogP contribution in [0.2, 0.25) is 0 Å². The number of thioether (sulfide) groups is 1. The first-order valence-corrected chi connectivity index (χ1v) is 11.9. The number of ketones is 1. The zero-order valence-corrected chi connectivity index (χ0v) is 21.2. The van der Waals surface area contributed by atoms with Crippen molar-refractivity contribution in [1.82, 2.24) is 0 Å². The fourth-order valence-electron chi connectivity index (χ4n) is 2.48. The number of nitro benzene ring substituents is 1. The maximum Gasteiger partial charge on any atom is 0.311 e. The molecule has 3 aromatic rings. The molecule has 0 amide bonds. The van der Waals surface area contributed by atoms with Crippen molar-refractivity contribution in [3.8, 4) is 5.75 Å². The van der Waals surface area contributed by atoms with Crippen LogP contribution in [0.25, 0.3) is 3.58 Å². The molecule has 0 saturated carbocycles. The molecule has 0 bridgehead atoms. The van der Waals surface area contributed by atoms with Crippen LogP contribution in [0.3, 0.4) is 0 Å². The number of carbonyl (C=O) groups is 1. The lowest BCUT2D eigenvalue weighted by Crippen LogP contribution is -2.03. The Hall–Kier alpha value is -1.69. The number of nitro groups is 1. The predicted molar refractivity (Wildman–Crippen MR) is 134 cm³/mol. The summed E-state index contributed by atoms with van der Waals surface area (Å²) < 4.78 is 2.33. The molecule has 0 saturated heterocycles. The summed E-state index contributed by atoms with van der Waals surface area (Å²) >= 11 is 10.1. The number of carbonyl (C=O) groups excluding carboxylic acids is 1. The zero-order valence-electron chi connectivity index (χ0n) is 15.0. The van der Waals surface area contributed by atoms with E-state index < -0.39 is 16.4 Å². The molecule has 30 heavy (non-hydrogen) atoms. The van der Waals surface area contributed by atoms with Crippen molar-refractivity contribution < 1.29 is 14.8 Å². The molecule has 0 unspecified atom stereocenters. The quantitative estimate of drug-likeness (QED) is 0.0736. The second kappa shape index (κ2) is 10.1. The van der Waals surface area contributed by atoms with Crippen LogP contribution in [-0.4, -0.2) is 15.8 Å². The fraction of sp³-hybridized carbons (Fsp3) is 0. The van der Waals surface area contributed by atoms with Crippen LogP contribution in [0, 0.1) is 10.1 Å². The Morgan fingerprint density at radius 1 is 0.933 bits per heavy atom. The highest BCUT2D eigenvalue weighted by Crippen LogP contribution is 2.40. The minimum absolute atomic E-state index is 0.199. The van der Waals surface area contributed by atoms with Crippen LogP contribution < -0.4 is 0 Å². The van der Waals surface area contributed by atoms with Gasteiger partial charge in [0.2, 0.25) is 5.78 Å². The van der Waals surface area contributed by atoms with Gasteiger partial charge in [-0.2, -0.15) is 0 Å². The number of Topliss-reactive ketones (excluding diaryl/α,β-unsaturated/α-hetero) is 1. The summed E-state index contributed by atoms with van der Waals surface area (Å²) in [4.78, 5) is 25.2. The highest BCUT2D eigenvalue weighted by Gasteiger charge is 2.21. The monoisotopic (exact) mass is 659 g/mol. The number of benzene rings is 3. The van der Waals surface area contributed by atoms with Crippen LogP contribution in [0.15, 0.2) is 85.5 Å². The standard InChI is InChI=1S/C21H12Br2INO4S/c22-14-4-1-12(2-5-14)20(27)21(30-16-8-6-15(23)7-9-16)19(24)13-3-10-18(26)17(11-13)25(28)29/h1-11,26H. The maximum atomic E-state index is 13.3. The summed E-state index contributed by atoms with van der Waals surface area (Å²) in [5, 5.41) is 21.0. The van der Waals surface area contributed by atoms with Gasteiger partial charge in [-0.25, -0.2) is 0 Å². The molecule has 0 aliphatic carbocycles. The molecule has 0 aromatic heterocycles. The molecule has 152 valence electrons. The van der Waals surface area contributed by atoms with E-state index in [1.54, 1.807) is 30.3 Å². The van der Waals surface area contributed by atoms with Gasteiger partial charge in [0.15, 0.2) is 5.75 Å². The number of hydrogen-bond acceptors (Lipinski definition) is 5. The number of phenols is 1. The summed E-state index contributed by atoms with van der Waals surface area (Å²) in [7, 11) is 0. The number of rotatable bonds is 6. The van der Waals surface area contributed by atoms with E-state index in [-0.39, 0.29) is 5.78 Å². The summed E-state index contributed by atoms with van der Waals surface area (Å²) in [5.41, 5.74) is 0.566. The lowest BCUT2D eigenvalue weighted by molar-refractivity contribution is -0.385. The van der Waals surface area contributed by atoms with Crippen LogP contribution >= 0.6 is 66.2 Å². The highest BCUT2D eigenvalue weighted by molar-refractivity contribution is 14.1. The lowest BCUT2D eigenvalue weighted by atomic mass is 10.1.